The maximum atomic E-state index is 11.0. The van der Waals surface area contributed by atoms with E-state index < -0.39 is 0 Å². The van der Waals surface area contributed by atoms with E-state index in [9.17, 15) is 4.79 Å². The summed E-state index contributed by atoms with van der Waals surface area (Å²) in [7, 11) is 1.65. The third kappa shape index (κ3) is 1.40. The molecule has 2 rings (SSSR count). The molecule has 0 aliphatic carbocycles. The minimum Gasteiger partial charge on any atom is -0.382 e. The highest BCUT2D eigenvalue weighted by atomic mass is 16.5. The fourth-order valence-corrected chi connectivity index (χ4v) is 1.87. The third-order valence-corrected chi connectivity index (χ3v) is 2.56. The number of hydrogen-bond acceptors (Lipinski definition) is 2. The van der Waals surface area contributed by atoms with E-state index in [4.69, 9.17) is 4.74 Å². The van der Waals surface area contributed by atoms with Crippen molar-refractivity contribution in [3.63, 3.8) is 0 Å². The number of nitrogens with one attached hydrogen (secondary N) is 1. The van der Waals surface area contributed by atoms with Crippen molar-refractivity contribution in [2.75, 3.05) is 13.7 Å². The van der Waals surface area contributed by atoms with Gasteiger partial charge in [0.2, 0.25) is 5.91 Å². The van der Waals surface area contributed by atoms with Crippen molar-refractivity contribution < 1.29 is 9.53 Å². The van der Waals surface area contributed by atoms with Gasteiger partial charge in [-0.3, -0.25) is 4.79 Å². The molecular formula is C11H13NO2. The van der Waals surface area contributed by atoms with E-state index in [1.807, 2.05) is 30.3 Å². The number of carbonyl (C=O) groups excluding carboxylic acids is 1. The summed E-state index contributed by atoms with van der Waals surface area (Å²) in [6, 6.07) is 9.93. The maximum absolute atomic E-state index is 11.0. The van der Waals surface area contributed by atoms with Crippen LogP contribution in [0.3, 0.4) is 0 Å². The Labute approximate surface area is 83.1 Å². The Balaban J connectivity index is 2.24. The van der Waals surface area contributed by atoms with Crippen LogP contribution < -0.4 is 5.32 Å². The minimum atomic E-state index is -0.285. The fraction of sp³-hybridized carbons (Fsp3) is 0.364. The standard InChI is InChI=1S/C11H13NO2/c1-14-8-11(7-10(13)12-11)9-5-3-2-4-6-9/h2-6H,7-8H2,1H3,(H,12,13). The van der Waals surface area contributed by atoms with Crippen LogP contribution in [-0.4, -0.2) is 19.6 Å². The van der Waals surface area contributed by atoms with E-state index in [-0.39, 0.29) is 11.4 Å². The molecule has 0 saturated carbocycles. The van der Waals surface area contributed by atoms with Crippen LogP contribution >= 0.6 is 0 Å². The summed E-state index contributed by atoms with van der Waals surface area (Å²) >= 11 is 0. The second kappa shape index (κ2) is 3.42. The SMILES string of the molecule is COCC1(c2ccccc2)CC(=O)N1. The lowest BCUT2D eigenvalue weighted by Crippen LogP contribution is -2.60. The highest BCUT2D eigenvalue weighted by Crippen LogP contribution is 2.31. The van der Waals surface area contributed by atoms with Gasteiger partial charge in [-0.05, 0) is 5.56 Å². The number of carbonyl (C=O) groups is 1. The molecule has 1 heterocycles. The molecular weight excluding hydrogens is 178 g/mol. The lowest BCUT2D eigenvalue weighted by molar-refractivity contribution is -0.135. The molecule has 1 fully saturated rings. The molecule has 1 atom stereocenters. The lowest BCUT2D eigenvalue weighted by Gasteiger charge is -2.42. The second-order valence-electron chi connectivity index (χ2n) is 3.61. The molecule has 1 aliphatic rings. The molecule has 1 saturated heterocycles. The Bertz CT molecular complexity index is 326. The van der Waals surface area contributed by atoms with Gasteiger partial charge in [-0.2, -0.15) is 0 Å². The molecule has 1 amide bonds. The van der Waals surface area contributed by atoms with E-state index in [1.165, 1.54) is 0 Å². The zero-order valence-electron chi connectivity index (χ0n) is 8.12. The predicted octanol–water partition coefficient (Wildman–Crippen LogP) is 1.05. The number of benzene rings is 1. The number of ether oxygens (including phenoxy) is 1. The maximum Gasteiger partial charge on any atom is 0.223 e. The van der Waals surface area contributed by atoms with E-state index >= 15 is 0 Å². The van der Waals surface area contributed by atoms with Gasteiger partial charge in [-0.15, -0.1) is 0 Å². The van der Waals surface area contributed by atoms with Crippen LogP contribution in [0.15, 0.2) is 30.3 Å². The summed E-state index contributed by atoms with van der Waals surface area (Å²) in [4.78, 5) is 11.0. The molecule has 1 N–H and O–H groups in total. The van der Waals surface area contributed by atoms with E-state index in [2.05, 4.69) is 5.32 Å². The number of rotatable bonds is 3. The molecule has 1 aromatic carbocycles. The third-order valence-electron chi connectivity index (χ3n) is 2.56. The van der Waals surface area contributed by atoms with Crippen molar-refractivity contribution in [3.05, 3.63) is 35.9 Å². The highest BCUT2D eigenvalue weighted by Gasteiger charge is 2.44. The van der Waals surface area contributed by atoms with Gasteiger partial charge in [-0.1, -0.05) is 30.3 Å². The van der Waals surface area contributed by atoms with Crippen LogP contribution in [0.1, 0.15) is 12.0 Å². The number of hydrogen-bond donors (Lipinski definition) is 1. The molecule has 0 aromatic heterocycles. The minimum absolute atomic E-state index is 0.0888. The molecule has 1 aromatic rings. The van der Waals surface area contributed by atoms with E-state index in [0.717, 1.165) is 5.56 Å². The molecule has 3 nitrogen and oxygen atoms in total. The molecule has 14 heavy (non-hydrogen) atoms. The average Bonchev–Trinajstić information content (AvgIpc) is 2.17. The van der Waals surface area contributed by atoms with Gasteiger partial charge in [0.25, 0.3) is 0 Å². The first-order valence-electron chi connectivity index (χ1n) is 4.62. The summed E-state index contributed by atoms with van der Waals surface area (Å²) in [6.45, 7) is 0.531. The summed E-state index contributed by atoms with van der Waals surface area (Å²) in [5, 5.41) is 2.91. The van der Waals surface area contributed by atoms with E-state index in [1.54, 1.807) is 7.11 Å². The Morgan fingerprint density at radius 3 is 2.57 bits per heavy atom. The van der Waals surface area contributed by atoms with Crippen LogP contribution in [0.2, 0.25) is 0 Å². The van der Waals surface area contributed by atoms with Gasteiger partial charge in [0, 0.05) is 7.11 Å². The summed E-state index contributed by atoms with van der Waals surface area (Å²) < 4.78 is 5.14. The summed E-state index contributed by atoms with van der Waals surface area (Å²) in [5.74, 6) is 0.0888. The first-order valence-corrected chi connectivity index (χ1v) is 4.62. The van der Waals surface area contributed by atoms with Crippen molar-refractivity contribution >= 4 is 5.91 Å². The number of β-lactam (4-membered cyclic amide) rings is 1. The van der Waals surface area contributed by atoms with Crippen LogP contribution in [0.25, 0.3) is 0 Å². The quantitative estimate of drug-likeness (QED) is 0.725. The Morgan fingerprint density at radius 1 is 1.43 bits per heavy atom. The molecule has 1 unspecified atom stereocenters. The molecule has 1 aliphatic heterocycles. The van der Waals surface area contributed by atoms with Gasteiger partial charge in [-0.25, -0.2) is 0 Å². The molecule has 0 spiro atoms. The van der Waals surface area contributed by atoms with Gasteiger partial charge < -0.3 is 10.1 Å². The van der Waals surface area contributed by atoms with Crippen molar-refractivity contribution in [3.8, 4) is 0 Å². The van der Waals surface area contributed by atoms with Crippen molar-refractivity contribution in [1.29, 1.82) is 0 Å². The normalized spacial score (nSPS) is 25.4. The van der Waals surface area contributed by atoms with Crippen LogP contribution in [0, 0.1) is 0 Å². The smallest absolute Gasteiger partial charge is 0.223 e. The van der Waals surface area contributed by atoms with Gasteiger partial charge in [0.05, 0.1) is 18.6 Å². The van der Waals surface area contributed by atoms with E-state index in [0.29, 0.717) is 13.0 Å². The summed E-state index contributed by atoms with van der Waals surface area (Å²) in [5.41, 5.74) is 0.828. The van der Waals surface area contributed by atoms with Crippen molar-refractivity contribution in [2.45, 2.75) is 12.0 Å². The number of methoxy groups -OCH3 is 1. The van der Waals surface area contributed by atoms with Crippen molar-refractivity contribution in [1.82, 2.24) is 5.32 Å². The summed E-state index contributed by atoms with van der Waals surface area (Å²) in [6.07, 6.45) is 0.519. The molecule has 74 valence electrons. The Morgan fingerprint density at radius 2 is 2.07 bits per heavy atom. The Hall–Kier alpha value is -1.35. The average molecular weight is 191 g/mol. The highest BCUT2D eigenvalue weighted by molar-refractivity contribution is 5.85. The first kappa shape index (κ1) is 9.21. The predicted molar refractivity (Wildman–Crippen MR) is 52.8 cm³/mol. The largest absolute Gasteiger partial charge is 0.382 e. The van der Waals surface area contributed by atoms with Gasteiger partial charge in [0.15, 0.2) is 0 Å². The second-order valence-corrected chi connectivity index (χ2v) is 3.61. The lowest BCUT2D eigenvalue weighted by atomic mass is 9.81. The number of amides is 1. The van der Waals surface area contributed by atoms with Crippen LogP contribution in [-0.2, 0) is 15.1 Å². The van der Waals surface area contributed by atoms with Gasteiger partial charge >= 0.3 is 0 Å². The first-order chi connectivity index (χ1) is 6.77. The zero-order chi connectivity index (χ0) is 10.0. The molecule has 3 heteroatoms. The molecule has 0 radical (unpaired) electrons. The zero-order valence-corrected chi connectivity index (χ0v) is 8.12. The topological polar surface area (TPSA) is 38.3 Å². The van der Waals surface area contributed by atoms with Crippen LogP contribution in [0.5, 0.6) is 0 Å². The van der Waals surface area contributed by atoms with Crippen molar-refractivity contribution in [2.24, 2.45) is 0 Å². The monoisotopic (exact) mass is 191 g/mol. The Kier molecular flexibility index (Phi) is 2.25. The van der Waals surface area contributed by atoms with Crippen LogP contribution in [0.4, 0.5) is 0 Å². The fourth-order valence-electron chi connectivity index (χ4n) is 1.87. The molecule has 0 bridgehead atoms. The van der Waals surface area contributed by atoms with Gasteiger partial charge in [0.1, 0.15) is 0 Å².